The summed E-state index contributed by atoms with van der Waals surface area (Å²) in [5.41, 5.74) is 3.32. The molecule has 96 valence electrons. The van der Waals surface area contributed by atoms with E-state index in [1.807, 2.05) is 13.8 Å². The second-order valence-electron chi connectivity index (χ2n) is 4.45. The second-order valence-corrected chi connectivity index (χ2v) is 4.80. The van der Waals surface area contributed by atoms with E-state index in [1.165, 1.54) is 12.1 Å². The van der Waals surface area contributed by atoms with Crippen LogP contribution in [-0.4, -0.2) is 15.0 Å². The number of hydrogen-bond donors (Lipinski definition) is 1. The molecule has 0 aliphatic rings. The number of nitrogens with one attached hydrogen (secondary N) is 1. The predicted octanol–water partition coefficient (Wildman–Crippen LogP) is 4.03. The summed E-state index contributed by atoms with van der Waals surface area (Å²) in [6.45, 7) is 3.92. The lowest BCUT2D eigenvalue weighted by atomic mass is 10.2. The van der Waals surface area contributed by atoms with E-state index in [4.69, 9.17) is 11.6 Å². The first-order chi connectivity index (χ1) is 9.06. The molecule has 3 rings (SSSR count). The third kappa shape index (κ3) is 1.98. The molecule has 2 aromatic heterocycles. The predicted molar refractivity (Wildman–Crippen MR) is 73.8 cm³/mol. The van der Waals surface area contributed by atoms with Crippen molar-refractivity contribution in [3.05, 3.63) is 46.5 Å². The molecule has 0 spiro atoms. The number of rotatable bonds is 1. The van der Waals surface area contributed by atoms with Crippen molar-refractivity contribution in [2.45, 2.75) is 13.8 Å². The van der Waals surface area contributed by atoms with Gasteiger partial charge in [0.05, 0.1) is 5.39 Å². The molecule has 0 aliphatic carbocycles. The number of halogens is 2. The molecule has 5 heteroatoms. The zero-order valence-electron chi connectivity index (χ0n) is 10.5. The highest BCUT2D eigenvalue weighted by Crippen LogP contribution is 2.28. The molecule has 0 radical (unpaired) electrons. The molecule has 0 bridgehead atoms. The van der Waals surface area contributed by atoms with E-state index >= 15 is 0 Å². The highest BCUT2D eigenvalue weighted by atomic mass is 35.5. The van der Waals surface area contributed by atoms with Crippen LogP contribution in [0.25, 0.3) is 22.4 Å². The molecule has 1 N–H and O–H groups in total. The van der Waals surface area contributed by atoms with Gasteiger partial charge in [0, 0.05) is 11.3 Å². The highest BCUT2D eigenvalue weighted by Gasteiger charge is 2.13. The Bertz CT molecular complexity index is 780. The topological polar surface area (TPSA) is 41.6 Å². The first kappa shape index (κ1) is 12.1. The normalized spacial score (nSPS) is 11.2. The molecule has 2 heterocycles. The summed E-state index contributed by atoms with van der Waals surface area (Å²) in [5.74, 6) is 0.0921. The molecule has 0 unspecified atom stereocenters. The van der Waals surface area contributed by atoms with E-state index in [0.717, 1.165) is 16.6 Å². The van der Waals surface area contributed by atoms with Gasteiger partial charge in [-0.1, -0.05) is 23.7 Å². The van der Waals surface area contributed by atoms with Gasteiger partial charge in [0.1, 0.15) is 16.6 Å². The van der Waals surface area contributed by atoms with Crippen LogP contribution >= 0.6 is 11.6 Å². The monoisotopic (exact) mass is 275 g/mol. The van der Waals surface area contributed by atoms with Gasteiger partial charge in [0.15, 0.2) is 5.82 Å². The van der Waals surface area contributed by atoms with Gasteiger partial charge >= 0.3 is 0 Å². The van der Waals surface area contributed by atoms with Crippen molar-refractivity contribution < 1.29 is 4.39 Å². The smallest absolute Gasteiger partial charge is 0.163 e. The largest absolute Gasteiger partial charge is 0.343 e. The van der Waals surface area contributed by atoms with Crippen LogP contribution in [-0.2, 0) is 0 Å². The van der Waals surface area contributed by atoms with Crippen LogP contribution in [0.2, 0.25) is 5.15 Å². The Morgan fingerprint density at radius 3 is 2.74 bits per heavy atom. The SMILES string of the molecule is Cc1[nH]c2nc(-c3cccc(F)c3)nc(Cl)c2c1C. The molecule has 0 saturated heterocycles. The van der Waals surface area contributed by atoms with Crippen molar-refractivity contribution in [1.82, 2.24) is 15.0 Å². The standard InChI is InChI=1S/C14H11ClFN3/c1-7-8(2)17-14-11(7)12(15)18-13(19-14)9-4-3-5-10(16)6-9/h3-6H,1-2H3,(H,17,18,19). The summed E-state index contributed by atoms with van der Waals surface area (Å²) in [6, 6.07) is 6.15. The highest BCUT2D eigenvalue weighted by molar-refractivity contribution is 6.34. The zero-order valence-corrected chi connectivity index (χ0v) is 11.2. The fourth-order valence-corrected chi connectivity index (χ4v) is 2.38. The van der Waals surface area contributed by atoms with Gasteiger partial charge in [-0.3, -0.25) is 0 Å². The molecular weight excluding hydrogens is 265 g/mol. The molecule has 0 fully saturated rings. The van der Waals surface area contributed by atoms with Gasteiger partial charge in [-0.15, -0.1) is 0 Å². The first-order valence-corrected chi connectivity index (χ1v) is 6.22. The fraction of sp³-hybridized carbons (Fsp3) is 0.143. The maximum atomic E-state index is 13.2. The van der Waals surface area contributed by atoms with E-state index in [1.54, 1.807) is 12.1 Å². The third-order valence-electron chi connectivity index (χ3n) is 3.19. The average Bonchev–Trinajstić information content (AvgIpc) is 2.65. The maximum absolute atomic E-state index is 13.2. The van der Waals surface area contributed by atoms with Crippen LogP contribution in [0, 0.1) is 19.7 Å². The Balaban J connectivity index is 2.27. The molecule has 19 heavy (non-hydrogen) atoms. The maximum Gasteiger partial charge on any atom is 0.163 e. The molecule has 0 amide bonds. The molecule has 0 atom stereocenters. The number of aryl methyl sites for hydroxylation is 2. The summed E-state index contributed by atoms with van der Waals surface area (Å²) in [6.07, 6.45) is 0. The quantitative estimate of drug-likeness (QED) is 0.681. The van der Waals surface area contributed by atoms with Crippen molar-refractivity contribution in [3.8, 4) is 11.4 Å². The Morgan fingerprint density at radius 2 is 2.00 bits per heavy atom. The molecular formula is C14H11ClFN3. The van der Waals surface area contributed by atoms with Crippen LogP contribution in [0.5, 0.6) is 0 Å². The minimum Gasteiger partial charge on any atom is -0.343 e. The lowest BCUT2D eigenvalue weighted by Crippen LogP contribution is -1.92. The molecule has 3 aromatic rings. The van der Waals surface area contributed by atoms with Crippen molar-refractivity contribution in [2.75, 3.05) is 0 Å². The third-order valence-corrected chi connectivity index (χ3v) is 3.46. The minimum atomic E-state index is -0.323. The van der Waals surface area contributed by atoms with Crippen LogP contribution in [0.3, 0.4) is 0 Å². The van der Waals surface area contributed by atoms with E-state index in [-0.39, 0.29) is 5.82 Å². The molecule has 0 aliphatic heterocycles. The number of nitrogens with zero attached hydrogens (tertiary/aromatic N) is 2. The fourth-order valence-electron chi connectivity index (χ4n) is 2.07. The second kappa shape index (κ2) is 4.31. The Hall–Kier alpha value is -1.94. The van der Waals surface area contributed by atoms with Crippen LogP contribution in [0.15, 0.2) is 24.3 Å². The van der Waals surface area contributed by atoms with Crippen LogP contribution in [0.1, 0.15) is 11.3 Å². The van der Waals surface area contributed by atoms with Gasteiger partial charge in [-0.25, -0.2) is 14.4 Å². The number of H-pyrrole nitrogens is 1. The number of fused-ring (bicyclic) bond motifs is 1. The van der Waals surface area contributed by atoms with Gasteiger partial charge in [-0.2, -0.15) is 0 Å². The summed E-state index contributed by atoms with van der Waals surface area (Å²) in [4.78, 5) is 11.8. The molecule has 3 nitrogen and oxygen atoms in total. The van der Waals surface area contributed by atoms with E-state index in [2.05, 4.69) is 15.0 Å². The zero-order chi connectivity index (χ0) is 13.6. The molecule has 0 saturated carbocycles. The lowest BCUT2D eigenvalue weighted by molar-refractivity contribution is 0.628. The number of hydrogen-bond acceptors (Lipinski definition) is 2. The lowest BCUT2D eigenvalue weighted by Gasteiger charge is -2.02. The Morgan fingerprint density at radius 1 is 1.21 bits per heavy atom. The van der Waals surface area contributed by atoms with Gasteiger partial charge < -0.3 is 4.98 Å². The number of aromatic amines is 1. The average molecular weight is 276 g/mol. The van der Waals surface area contributed by atoms with Crippen molar-refractivity contribution >= 4 is 22.6 Å². The van der Waals surface area contributed by atoms with Crippen LogP contribution in [0.4, 0.5) is 4.39 Å². The summed E-state index contributed by atoms with van der Waals surface area (Å²) in [7, 11) is 0. The van der Waals surface area contributed by atoms with Gasteiger partial charge in [0.2, 0.25) is 0 Å². The first-order valence-electron chi connectivity index (χ1n) is 5.84. The molecule has 1 aromatic carbocycles. The van der Waals surface area contributed by atoms with Crippen molar-refractivity contribution in [3.63, 3.8) is 0 Å². The Kier molecular flexibility index (Phi) is 2.75. The summed E-state index contributed by atoms with van der Waals surface area (Å²) >= 11 is 6.21. The summed E-state index contributed by atoms with van der Waals surface area (Å²) in [5, 5.41) is 1.20. The number of benzene rings is 1. The van der Waals surface area contributed by atoms with Gasteiger partial charge in [0.25, 0.3) is 0 Å². The number of aromatic nitrogens is 3. The van der Waals surface area contributed by atoms with E-state index in [0.29, 0.717) is 22.2 Å². The minimum absolute atomic E-state index is 0.323. The Labute approximate surface area is 114 Å². The van der Waals surface area contributed by atoms with Crippen LogP contribution < -0.4 is 0 Å². The van der Waals surface area contributed by atoms with E-state index in [9.17, 15) is 4.39 Å². The van der Waals surface area contributed by atoms with Crippen molar-refractivity contribution in [1.29, 1.82) is 0 Å². The van der Waals surface area contributed by atoms with Crippen molar-refractivity contribution in [2.24, 2.45) is 0 Å². The summed E-state index contributed by atoms with van der Waals surface area (Å²) < 4.78 is 13.2. The van der Waals surface area contributed by atoms with E-state index < -0.39 is 0 Å². The van der Waals surface area contributed by atoms with Gasteiger partial charge in [-0.05, 0) is 31.5 Å².